The van der Waals surface area contributed by atoms with Gasteiger partial charge in [-0.15, -0.1) is 10.2 Å². The number of hydrogen-bond donors (Lipinski definition) is 0. The highest BCUT2D eigenvalue weighted by molar-refractivity contribution is 7.15. The van der Waals surface area contributed by atoms with Crippen molar-refractivity contribution in [3.63, 3.8) is 0 Å². The monoisotopic (exact) mass is 410 g/mol. The molecule has 1 unspecified atom stereocenters. The van der Waals surface area contributed by atoms with E-state index in [0.29, 0.717) is 37.1 Å². The van der Waals surface area contributed by atoms with Crippen molar-refractivity contribution in [1.29, 1.82) is 0 Å². The average Bonchev–Trinajstić information content (AvgIpc) is 3.45. The van der Waals surface area contributed by atoms with E-state index in [2.05, 4.69) is 20.2 Å². The average molecular weight is 410 g/mol. The van der Waals surface area contributed by atoms with Crippen molar-refractivity contribution < 1.29 is 14.0 Å². The molecule has 5 rings (SSSR count). The fourth-order valence-corrected chi connectivity index (χ4v) is 4.42. The molecule has 3 aromatic rings. The normalized spacial score (nSPS) is 18.9. The quantitative estimate of drug-likeness (QED) is 0.649. The lowest BCUT2D eigenvalue weighted by molar-refractivity contribution is -0.136. The molecule has 1 saturated heterocycles. The molecule has 0 spiro atoms. The molecule has 1 fully saturated rings. The number of aryl methyl sites for hydroxylation is 1. The summed E-state index contributed by atoms with van der Waals surface area (Å²) in [5.74, 6) is 0.835. The van der Waals surface area contributed by atoms with Gasteiger partial charge in [0, 0.05) is 38.3 Å². The van der Waals surface area contributed by atoms with Gasteiger partial charge in [-0.3, -0.25) is 19.5 Å². The highest BCUT2D eigenvalue weighted by Gasteiger charge is 2.39. The highest BCUT2D eigenvalue weighted by atomic mass is 32.1. The predicted molar refractivity (Wildman–Crippen MR) is 104 cm³/mol. The van der Waals surface area contributed by atoms with Crippen LogP contribution in [0.2, 0.25) is 0 Å². The first kappa shape index (κ1) is 17.9. The molecule has 148 valence electrons. The standard InChI is InChI=1S/C19H18N6O3S/c1-11-22-23-19(29-11)25-9-13(7-16(25)26)18(27)24-6-4-15-14(10-24)21-17(28-15)12-3-2-5-20-8-12/h2-3,5,8,13H,4,6-7,9-10H2,1H3. The Hall–Kier alpha value is -3.14. The van der Waals surface area contributed by atoms with Crippen LogP contribution in [0.1, 0.15) is 22.9 Å². The van der Waals surface area contributed by atoms with Crippen LogP contribution in [0.5, 0.6) is 0 Å². The van der Waals surface area contributed by atoms with Crippen LogP contribution in [0.4, 0.5) is 5.13 Å². The number of fused-ring (bicyclic) bond motifs is 1. The van der Waals surface area contributed by atoms with E-state index < -0.39 is 0 Å². The first-order valence-electron chi connectivity index (χ1n) is 9.36. The molecule has 3 aromatic heterocycles. The molecule has 0 aliphatic carbocycles. The third-order valence-corrected chi connectivity index (χ3v) is 6.03. The number of rotatable bonds is 3. The van der Waals surface area contributed by atoms with Crippen molar-refractivity contribution in [1.82, 2.24) is 25.1 Å². The molecule has 5 heterocycles. The van der Waals surface area contributed by atoms with Crippen LogP contribution < -0.4 is 4.90 Å². The Bertz CT molecular complexity index is 1080. The SMILES string of the molecule is Cc1nnc(N2CC(C(=O)N3CCc4oc(-c5cccnc5)nc4C3)CC2=O)s1. The fraction of sp³-hybridized carbons (Fsp3) is 0.368. The molecular weight excluding hydrogens is 392 g/mol. The van der Waals surface area contributed by atoms with E-state index in [0.717, 1.165) is 22.0 Å². The molecule has 10 heteroatoms. The van der Waals surface area contributed by atoms with Crippen molar-refractivity contribution in [2.75, 3.05) is 18.0 Å². The lowest BCUT2D eigenvalue weighted by atomic mass is 10.0. The summed E-state index contributed by atoms with van der Waals surface area (Å²) in [5, 5.41) is 9.35. The predicted octanol–water partition coefficient (Wildman–Crippen LogP) is 1.83. The van der Waals surface area contributed by atoms with Crippen LogP contribution in [-0.2, 0) is 22.6 Å². The number of oxazole rings is 1. The maximum atomic E-state index is 13.1. The number of nitrogens with zero attached hydrogens (tertiary/aromatic N) is 6. The van der Waals surface area contributed by atoms with E-state index >= 15 is 0 Å². The summed E-state index contributed by atoms with van der Waals surface area (Å²) in [7, 11) is 0. The molecule has 0 radical (unpaired) electrons. The number of anilines is 1. The number of pyridine rings is 1. The van der Waals surface area contributed by atoms with Crippen molar-refractivity contribution in [3.8, 4) is 11.5 Å². The van der Waals surface area contributed by atoms with E-state index in [1.807, 2.05) is 19.1 Å². The maximum Gasteiger partial charge on any atom is 0.229 e. The van der Waals surface area contributed by atoms with Crippen LogP contribution in [-0.4, -0.2) is 50.0 Å². The van der Waals surface area contributed by atoms with Gasteiger partial charge in [0.25, 0.3) is 0 Å². The second-order valence-electron chi connectivity index (χ2n) is 7.15. The minimum atomic E-state index is -0.377. The smallest absolute Gasteiger partial charge is 0.229 e. The Morgan fingerprint density at radius 1 is 1.34 bits per heavy atom. The van der Waals surface area contributed by atoms with Gasteiger partial charge in [-0.2, -0.15) is 0 Å². The molecule has 0 aromatic carbocycles. The number of aromatic nitrogens is 4. The van der Waals surface area contributed by atoms with Gasteiger partial charge in [0.2, 0.25) is 22.8 Å². The second-order valence-corrected chi connectivity index (χ2v) is 8.31. The Balaban J connectivity index is 1.30. The van der Waals surface area contributed by atoms with E-state index in [1.54, 1.807) is 22.2 Å². The highest BCUT2D eigenvalue weighted by Crippen LogP contribution is 2.31. The fourth-order valence-electron chi connectivity index (χ4n) is 3.71. The largest absolute Gasteiger partial charge is 0.441 e. The third kappa shape index (κ3) is 3.29. The minimum absolute atomic E-state index is 0.0290. The number of carbonyl (C=O) groups excluding carboxylic acids is 2. The molecule has 29 heavy (non-hydrogen) atoms. The van der Waals surface area contributed by atoms with Crippen LogP contribution >= 0.6 is 11.3 Å². The van der Waals surface area contributed by atoms with Crippen molar-refractivity contribution in [2.45, 2.75) is 26.3 Å². The molecule has 1 atom stereocenters. The zero-order chi connectivity index (χ0) is 20.0. The maximum absolute atomic E-state index is 13.1. The van der Waals surface area contributed by atoms with Crippen molar-refractivity contribution in [2.24, 2.45) is 5.92 Å². The summed E-state index contributed by atoms with van der Waals surface area (Å²) in [6, 6.07) is 3.72. The first-order chi connectivity index (χ1) is 14.1. The van der Waals surface area contributed by atoms with Gasteiger partial charge in [-0.1, -0.05) is 11.3 Å². The summed E-state index contributed by atoms with van der Waals surface area (Å²) in [6.45, 7) is 3.12. The van der Waals surface area contributed by atoms with Crippen LogP contribution in [0.3, 0.4) is 0 Å². The molecule has 2 aliphatic rings. The minimum Gasteiger partial charge on any atom is -0.441 e. The van der Waals surface area contributed by atoms with Crippen molar-refractivity contribution >= 4 is 28.3 Å². The van der Waals surface area contributed by atoms with Gasteiger partial charge >= 0.3 is 0 Å². The molecule has 2 aliphatic heterocycles. The number of carbonyl (C=O) groups is 2. The summed E-state index contributed by atoms with van der Waals surface area (Å²) >= 11 is 1.36. The summed E-state index contributed by atoms with van der Waals surface area (Å²) in [4.78, 5) is 37.5. The van der Waals surface area contributed by atoms with Gasteiger partial charge < -0.3 is 9.32 Å². The van der Waals surface area contributed by atoms with Gasteiger partial charge in [-0.05, 0) is 19.1 Å². The zero-order valence-electron chi connectivity index (χ0n) is 15.7. The molecule has 0 saturated carbocycles. The molecular formula is C19H18N6O3S. The first-order valence-corrected chi connectivity index (χ1v) is 10.2. The van der Waals surface area contributed by atoms with Crippen LogP contribution in [0, 0.1) is 12.8 Å². The van der Waals surface area contributed by atoms with Gasteiger partial charge in [0.1, 0.15) is 16.5 Å². The van der Waals surface area contributed by atoms with E-state index in [4.69, 9.17) is 4.42 Å². The van der Waals surface area contributed by atoms with Crippen molar-refractivity contribution in [3.05, 3.63) is 41.0 Å². The van der Waals surface area contributed by atoms with E-state index in [1.165, 1.54) is 11.3 Å². The zero-order valence-corrected chi connectivity index (χ0v) is 16.6. The van der Waals surface area contributed by atoms with Crippen LogP contribution in [0.15, 0.2) is 28.9 Å². The van der Waals surface area contributed by atoms with Gasteiger partial charge in [-0.25, -0.2) is 4.98 Å². The van der Waals surface area contributed by atoms with Crippen LogP contribution in [0.25, 0.3) is 11.5 Å². The Morgan fingerprint density at radius 2 is 2.24 bits per heavy atom. The van der Waals surface area contributed by atoms with Gasteiger partial charge in [0.15, 0.2) is 0 Å². The van der Waals surface area contributed by atoms with E-state index in [-0.39, 0.29) is 24.2 Å². The molecule has 0 bridgehead atoms. The van der Waals surface area contributed by atoms with Gasteiger partial charge in [0.05, 0.1) is 18.0 Å². The molecule has 0 N–H and O–H groups in total. The molecule has 9 nitrogen and oxygen atoms in total. The lowest BCUT2D eigenvalue weighted by Crippen LogP contribution is -2.40. The molecule has 2 amide bonds. The summed E-state index contributed by atoms with van der Waals surface area (Å²) in [6.07, 6.45) is 4.20. The summed E-state index contributed by atoms with van der Waals surface area (Å²) in [5.41, 5.74) is 1.58. The Labute approximate surface area is 170 Å². The second kappa shape index (κ2) is 7.03. The summed E-state index contributed by atoms with van der Waals surface area (Å²) < 4.78 is 5.87. The van der Waals surface area contributed by atoms with E-state index in [9.17, 15) is 9.59 Å². The number of hydrogen-bond acceptors (Lipinski definition) is 8. The Kier molecular flexibility index (Phi) is 4.35. The lowest BCUT2D eigenvalue weighted by Gasteiger charge is -2.27. The third-order valence-electron chi connectivity index (χ3n) is 5.17. The Morgan fingerprint density at radius 3 is 3.00 bits per heavy atom. The number of amides is 2. The topological polar surface area (TPSA) is 105 Å².